The van der Waals surface area contributed by atoms with Crippen molar-refractivity contribution in [1.82, 2.24) is 0 Å². The lowest BCUT2D eigenvalue weighted by molar-refractivity contribution is 0.867. The zero-order chi connectivity index (χ0) is 10.9. The van der Waals surface area contributed by atoms with Gasteiger partial charge in [0.25, 0.3) is 0 Å². The molecule has 1 aromatic rings. The van der Waals surface area contributed by atoms with Crippen molar-refractivity contribution < 1.29 is 0 Å². The van der Waals surface area contributed by atoms with Gasteiger partial charge in [0, 0.05) is 25.5 Å². The van der Waals surface area contributed by atoms with Gasteiger partial charge in [-0.1, -0.05) is 13.8 Å². The molecule has 0 bridgehead atoms. The molecule has 0 saturated heterocycles. The molecule has 0 amide bonds. The molecular weight excluding hydrogens is 172 g/mol. The lowest BCUT2D eigenvalue weighted by atomic mass is 9.97. The first-order valence-electron chi connectivity index (χ1n) is 5.00. The summed E-state index contributed by atoms with van der Waals surface area (Å²) in [5.74, 6) is 0.480. The average molecular weight is 192 g/mol. The van der Waals surface area contributed by atoms with E-state index in [1.807, 2.05) is 0 Å². The van der Waals surface area contributed by atoms with Crippen LogP contribution in [0.25, 0.3) is 0 Å². The van der Waals surface area contributed by atoms with Crippen molar-refractivity contribution in [1.29, 1.82) is 0 Å². The van der Waals surface area contributed by atoms with Crippen molar-refractivity contribution in [3.05, 3.63) is 23.3 Å². The molecule has 0 unspecified atom stereocenters. The van der Waals surface area contributed by atoms with E-state index in [1.165, 1.54) is 16.8 Å². The molecule has 0 aliphatic heterocycles. The van der Waals surface area contributed by atoms with Crippen LogP contribution in [0.2, 0.25) is 0 Å². The Kier molecular flexibility index (Phi) is 3.04. The normalized spacial score (nSPS) is 10.7. The van der Waals surface area contributed by atoms with Gasteiger partial charge in [-0.2, -0.15) is 0 Å². The highest BCUT2D eigenvalue weighted by Crippen LogP contribution is 2.29. The smallest absolute Gasteiger partial charge is 0.0380 e. The summed E-state index contributed by atoms with van der Waals surface area (Å²) < 4.78 is 0. The molecule has 0 radical (unpaired) electrons. The van der Waals surface area contributed by atoms with Gasteiger partial charge in [0.05, 0.1) is 0 Å². The van der Waals surface area contributed by atoms with Crippen molar-refractivity contribution in [2.24, 2.45) is 0 Å². The second-order valence-electron chi connectivity index (χ2n) is 4.31. The minimum absolute atomic E-state index is 0.480. The van der Waals surface area contributed by atoms with E-state index in [1.54, 1.807) is 0 Å². The van der Waals surface area contributed by atoms with Crippen LogP contribution in [0.15, 0.2) is 12.1 Å². The fraction of sp³-hybridized carbons (Fsp3) is 0.500. The number of benzene rings is 1. The van der Waals surface area contributed by atoms with Gasteiger partial charge in [-0.3, -0.25) is 0 Å². The Balaban J connectivity index is 3.28. The van der Waals surface area contributed by atoms with E-state index in [0.717, 1.165) is 5.69 Å². The van der Waals surface area contributed by atoms with Crippen LogP contribution >= 0.6 is 0 Å². The molecule has 1 aromatic carbocycles. The maximum atomic E-state index is 6.03. The molecule has 78 valence electrons. The van der Waals surface area contributed by atoms with Crippen LogP contribution in [0.5, 0.6) is 0 Å². The summed E-state index contributed by atoms with van der Waals surface area (Å²) in [6.07, 6.45) is 0. The maximum absolute atomic E-state index is 6.03. The third kappa shape index (κ3) is 2.00. The molecule has 0 heterocycles. The molecule has 0 aliphatic carbocycles. The molecule has 0 aliphatic rings. The summed E-state index contributed by atoms with van der Waals surface area (Å²) in [5, 5.41) is 0. The predicted molar refractivity (Wildman–Crippen MR) is 64.0 cm³/mol. The summed E-state index contributed by atoms with van der Waals surface area (Å²) in [6.45, 7) is 6.41. The van der Waals surface area contributed by atoms with E-state index in [4.69, 9.17) is 5.73 Å². The van der Waals surface area contributed by atoms with E-state index < -0.39 is 0 Å². The van der Waals surface area contributed by atoms with E-state index in [0.29, 0.717) is 5.92 Å². The Hall–Kier alpha value is -1.18. The van der Waals surface area contributed by atoms with Gasteiger partial charge in [0.1, 0.15) is 0 Å². The van der Waals surface area contributed by atoms with Crippen molar-refractivity contribution in [2.75, 3.05) is 24.7 Å². The lowest BCUT2D eigenvalue weighted by Crippen LogP contribution is -2.10. The van der Waals surface area contributed by atoms with Crippen LogP contribution < -0.4 is 10.6 Å². The predicted octanol–water partition coefficient (Wildman–Crippen LogP) is 2.77. The zero-order valence-electron chi connectivity index (χ0n) is 9.76. The first kappa shape index (κ1) is 10.9. The quantitative estimate of drug-likeness (QED) is 0.730. The van der Waals surface area contributed by atoms with E-state index in [-0.39, 0.29) is 0 Å². The lowest BCUT2D eigenvalue weighted by Gasteiger charge is -2.19. The molecule has 0 spiro atoms. The molecule has 1 rings (SSSR count). The third-order valence-electron chi connectivity index (χ3n) is 2.54. The SMILES string of the molecule is Cc1cc(N(C)C)cc(C(C)C)c1N. The van der Waals surface area contributed by atoms with Gasteiger partial charge in [-0.25, -0.2) is 0 Å². The number of nitrogens with zero attached hydrogens (tertiary/aromatic N) is 1. The number of aryl methyl sites for hydroxylation is 1. The Labute approximate surface area is 86.7 Å². The van der Waals surface area contributed by atoms with Gasteiger partial charge < -0.3 is 10.6 Å². The van der Waals surface area contributed by atoms with Crippen molar-refractivity contribution >= 4 is 11.4 Å². The van der Waals surface area contributed by atoms with E-state index in [2.05, 4.69) is 51.9 Å². The van der Waals surface area contributed by atoms with Crippen LogP contribution in [-0.2, 0) is 0 Å². The number of hydrogen-bond acceptors (Lipinski definition) is 2. The maximum Gasteiger partial charge on any atom is 0.0380 e. The Morgan fingerprint density at radius 1 is 1.21 bits per heavy atom. The molecule has 0 saturated carbocycles. The molecule has 2 heteroatoms. The Bertz CT molecular complexity index is 327. The largest absolute Gasteiger partial charge is 0.398 e. The summed E-state index contributed by atoms with van der Waals surface area (Å²) in [7, 11) is 4.10. The molecule has 14 heavy (non-hydrogen) atoms. The number of anilines is 2. The van der Waals surface area contributed by atoms with Crippen molar-refractivity contribution in [2.45, 2.75) is 26.7 Å². The third-order valence-corrected chi connectivity index (χ3v) is 2.54. The Morgan fingerprint density at radius 2 is 1.79 bits per heavy atom. The van der Waals surface area contributed by atoms with Gasteiger partial charge in [0.15, 0.2) is 0 Å². The Morgan fingerprint density at radius 3 is 2.21 bits per heavy atom. The van der Waals surface area contributed by atoms with Crippen molar-refractivity contribution in [3.63, 3.8) is 0 Å². The van der Waals surface area contributed by atoms with Gasteiger partial charge in [0.2, 0.25) is 0 Å². The summed E-state index contributed by atoms with van der Waals surface area (Å²) in [5.41, 5.74) is 10.6. The summed E-state index contributed by atoms with van der Waals surface area (Å²) in [6, 6.07) is 4.30. The number of nitrogen functional groups attached to an aromatic ring is 1. The van der Waals surface area contributed by atoms with E-state index in [9.17, 15) is 0 Å². The van der Waals surface area contributed by atoms with Crippen LogP contribution in [0.4, 0.5) is 11.4 Å². The van der Waals surface area contributed by atoms with Crippen molar-refractivity contribution in [3.8, 4) is 0 Å². The molecule has 0 aromatic heterocycles. The summed E-state index contributed by atoms with van der Waals surface area (Å²) >= 11 is 0. The average Bonchev–Trinajstić information content (AvgIpc) is 2.08. The van der Waals surface area contributed by atoms with Gasteiger partial charge in [-0.05, 0) is 36.1 Å². The molecule has 0 atom stereocenters. The molecular formula is C12H20N2. The minimum atomic E-state index is 0.480. The standard InChI is InChI=1S/C12H20N2/c1-8(2)11-7-10(14(4)5)6-9(3)12(11)13/h6-8H,13H2,1-5H3. The fourth-order valence-corrected chi connectivity index (χ4v) is 1.54. The first-order valence-corrected chi connectivity index (χ1v) is 5.00. The molecule has 2 N–H and O–H groups in total. The highest BCUT2D eigenvalue weighted by molar-refractivity contribution is 5.63. The van der Waals surface area contributed by atoms with Gasteiger partial charge >= 0.3 is 0 Å². The monoisotopic (exact) mass is 192 g/mol. The topological polar surface area (TPSA) is 29.3 Å². The highest BCUT2D eigenvalue weighted by Gasteiger charge is 2.09. The van der Waals surface area contributed by atoms with Crippen LogP contribution in [0.3, 0.4) is 0 Å². The molecule has 2 nitrogen and oxygen atoms in total. The first-order chi connectivity index (χ1) is 6.43. The minimum Gasteiger partial charge on any atom is -0.398 e. The van der Waals surface area contributed by atoms with Crippen LogP contribution in [0.1, 0.15) is 30.9 Å². The zero-order valence-corrected chi connectivity index (χ0v) is 9.76. The van der Waals surface area contributed by atoms with E-state index >= 15 is 0 Å². The van der Waals surface area contributed by atoms with Crippen LogP contribution in [0, 0.1) is 6.92 Å². The number of nitrogens with two attached hydrogens (primary N) is 1. The second-order valence-corrected chi connectivity index (χ2v) is 4.31. The number of hydrogen-bond donors (Lipinski definition) is 1. The van der Waals surface area contributed by atoms with Gasteiger partial charge in [-0.15, -0.1) is 0 Å². The van der Waals surface area contributed by atoms with Crippen LogP contribution in [-0.4, -0.2) is 14.1 Å². The second kappa shape index (κ2) is 3.91. The fourth-order valence-electron chi connectivity index (χ4n) is 1.54. The molecule has 0 fully saturated rings. The number of rotatable bonds is 2. The summed E-state index contributed by atoms with van der Waals surface area (Å²) in [4.78, 5) is 2.11. The highest BCUT2D eigenvalue weighted by atomic mass is 15.1.